The molecule has 0 saturated carbocycles. The van der Waals surface area contributed by atoms with Crippen LogP contribution in [0.15, 0.2) is 59.5 Å². The second kappa shape index (κ2) is 12.9. The van der Waals surface area contributed by atoms with Crippen LogP contribution in [0.2, 0.25) is 0 Å². The number of hydrogen-bond acceptors (Lipinski definition) is 4. The van der Waals surface area contributed by atoms with Crippen molar-refractivity contribution in [1.29, 1.82) is 0 Å². The zero-order valence-corrected chi connectivity index (χ0v) is 16.5. The third-order valence-electron chi connectivity index (χ3n) is 3.86. The van der Waals surface area contributed by atoms with Crippen molar-refractivity contribution in [1.82, 2.24) is 0 Å². The molecule has 158 valence electrons. The van der Waals surface area contributed by atoms with Gasteiger partial charge in [0, 0.05) is 10.6 Å². The van der Waals surface area contributed by atoms with Gasteiger partial charge in [0.2, 0.25) is 0 Å². The summed E-state index contributed by atoms with van der Waals surface area (Å²) in [7, 11) is 1.65. The smallest absolute Gasteiger partial charge is 0.416 e. The largest absolute Gasteiger partial charge is 0.496 e. The maximum absolute atomic E-state index is 12.5. The fraction of sp³-hybridized carbons (Fsp3) is 0.318. The molecule has 0 radical (unpaired) electrons. The average molecular weight is 427 g/mol. The van der Waals surface area contributed by atoms with Crippen molar-refractivity contribution in [3.8, 4) is 5.75 Å². The molecule has 0 heterocycles. The number of hydrogen-bond donors (Lipinski definition) is 0. The highest BCUT2D eigenvalue weighted by atomic mass is 32.2. The van der Waals surface area contributed by atoms with Crippen LogP contribution >= 0.6 is 11.8 Å². The summed E-state index contributed by atoms with van der Waals surface area (Å²) in [6.07, 6.45) is -2.58. The lowest BCUT2D eigenvalue weighted by Gasteiger charge is -2.10. The average Bonchev–Trinajstić information content (AvgIpc) is 2.65. The minimum Gasteiger partial charge on any atom is -0.496 e. The first-order chi connectivity index (χ1) is 13.2. The van der Waals surface area contributed by atoms with Crippen LogP contribution in [0.1, 0.15) is 30.5 Å². The van der Waals surface area contributed by atoms with E-state index in [4.69, 9.17) is 14.3 Å². The van der Waals surface area contributed by atoms with Crippen LogP contribution in [0, 0.1) is 6.92 Å². The lowest BCUT2D eigenvalue weighted by atomic mass is 10.0. The maximum Gasteiger partial charge on any atom is 0.416 e. The van der Waals surface area contributed by atoms with E-state index < -0.39 is 11.7 Å². The molecule has 0 aliphatic rings. The third-order valence-corrected chi connectivity index (χ3v) is 5.00. The van der Waals surface area contributed by atoms with Crippen LogP contribution in [0.4, 0.5) is 13.2 Å². The van der Waals surface area contributed by atoms with E-state index in [-0.39, 0.29) is 13.6 Å². The highest BCUT2D eigenvalue weighted by Crippen LogP contribution is 2.30. The number of methoxy groups -OCH3 is 1. The predicted molar refractivity (Wildman–Crippen MR) is 109 cm³/mol. The van der Waals surface area contributed by atoms with Crippen LogP contribution in [0.25, 0.3) is 0 Å². The Balaban J connectivity index is 0.00000184. The van der Waals surface area contributed by atoms with Crippen LogP contribution in [-0.2, 0) is 22.2 Å². The van der Waals surface area contributed by atoms with Crippen LogP contribution < -0.4 is 4.74 Å². The molecule has 0 fully saturated rings. The number of ether oxygens (including phenoxy) is 1. The zero-order valence-electron chi connectivity index (χ0n) is 15.6. The number of halogens is 3. The first kappa shape index (κ1) is 26.5. The SMILES string of the molecule is C.C=C(CCc1ccc(C(F)(F)F)cc1)CSc1ccc(OC)c(C)c1.O=C=O. The first-order valence-corrected chi connectivity index (χ1v) is 9.29. The Kier molecular flexibility index (Phi) is 11.8. The lowest BCUT2D eigenvalue weighted by molar-refractivity contribution is -0.191. The van der Waals surface area contributed by atoms with Crippen molar-refractivity contribution in [3.05, 3.63) is 71.3 Å². The van der Waals surface area contributed by atoms with Gasteiger partial charge < -0.3 is 4.74 Å². The van der Waals surface area contributed by atoms with Crippen molar-refractivity contribution < 1.29 is 27.5 Å². The molecule has 2 aromatic rings. The molecule has 0 unspecified atom stereocenters. The van der Waals surface area contributed by atoms with Crippen molar-refractivity contribution in [2.75, 3.05) is 12.9 Å². The lowest BCUT2D eigenvalue weighted by Crippen LogP contribution is -2.04. The second-order valence-electron chi connectivity index (χ2n) is 5.95. The summed E-state index contributed by atoms with van der Waals surface area (Å²) in [5.74, 6) is 1.65. The molecule has 0 aromatic heterocycles. The molecule has 0 aliphatic heterocycles. The molecule has 0 spiro atoms. The van der Waals surface area contributed by atoms with Gasteiger partial charge in [-0.15, -0.1) is 11.8 Å². The maximum atomic E-state index is 12.5. The monoisotopic (exact) mass is 426 g/mol. The van der Waals surface area contributed by atoms with Gasteiger partial charge >= 0.3 is 12.3 Å². The van der Waals surface area contributed by atoms with Gasteiger partial charge in [0.25, 0.3) is 0 Å². The van der Waals surface area contributed by atoms with Gasteiger partial charge in [0.05, 0.1) is 12.7 Å². The number of benzene rings is 2. The molecule has 0 aliphatic carbocycles. The van der Waals surface area contributed by atoms with E-state index in [2.05, 4.69) is 12.6 Å². The first-order valence-electron chi connectivity index (χ1n) is 8.30. The minimum absolute atomic E-state index is 0. The van der Waals surface area contributed by atoms with E-state index in [1.54, 1.807) is 18.9 Å². The van der Waals surface area contributed by atoms with Crippen molar-refractivity contribution >= 4 is 17.9 Å². The summed E-state index contributed by atoms with van der Waals surface area (Å²) < 4.78 is 42.9. The summed E-state index contributed by atoms with van der Waals surface area (Å²) in [6.45, 7) is 6.07. The molecule has 0 N–H and O–H groups in total. The highest BCUT2D eigenvalue weighted by Gasteiger charge is 2.29. The molecule has 2 aromatic carbocycles. The van der Waals surface area contributed by atoms with Crippen LogP contribution in [0.5, 0.6) is 5.75 Å². The summed E-state index contributed by atoms with van der Waals surface area (Å²) in [4.78, 5) is 17.4. The van der Waals surface area contributed by atoms with E-state index in [9.17, 15) is 13.2 Å². The van der Waals surface area contributed by atoms with Crippen molar-refractivity contribution in [2.24, 2.45) is 0 Å². The summed E-state index contributed by atoms with van der Waals surface area (Å²) >= 11 is 1.70. The Morgan fingerprint density at radius 1 is 1.14 bits per heavy atom. The van der Waals surface area contributed by atoms with Gasteiger partial charge in [-0.3, -0.25) is 0 Å². The summed E-state index contributed by atoms with van der Waals surface area (Å²) in [6, 6.07) is 11.4. The molecule has 3 nitrogen and oxygen atoms in total. The molecule has 0 saturated heterocycles. The molecule has 0 amide bonds. The second-order valence-corrected chi connectivity index (χ2v) is 7.00. The quantitative estimate of drug-likeness (QED) is 0.382. The van der Waals surface area contributed by atoms with Gasteiger partial charge in [0.15, 0.2) is 0 Å². The van der Waals surface area contributed by atoms with Crippen LogP contribution in [0.3, 0.4) is 0 Å². The van der Waals surface area contributed by atoms with Crippen molar-refractivity contribution in [2.45, 2.75) is 38.3 Å². The number of alkyl halides is 3. The number of rotatable bonds is 7. The fourth-order valence-corrected chi connectivity index (χ4v) is 3.32. The van der Waals surface area contributed by atoms with E-state index in [1.165, 1.54) is 12.1 Å². The van der Waals surface area contributed by atoms with Crippen molar-refractivity contribution in [3.63, 3.8) is 0 Å². The van der Waals surface area contributed by atoms with E-state index in [1.807, 2.05) is 19.1 Å². The minimum atomic E-state index is -4.28. The predicted octanol–water partition coefficient (Wildman–Crippen LogP) is 6.36. The van der Waals surface area contributed by atoms with Gasteiger partial charge in [-0.25, -0.2) is 0 Å². The Morgan fingerprint density at radius 3 is 2.21 bits per heavy atom. The zero-order chi connectivity index (χ0) is 21.2. The molecule has 2 rings (SSSR count). The molecule has 0 atom stereocenters. The molecule has 7 heteroatoms. The Labute approximate surface area is 174 Å². The summed E-state index contributed by atoms with van der Waals surface area (Å²) in [5.41, 5.74) is 2.43. The van der Waals surface area contributed by atoms with Gasteiger partial charge in [-0.1, -0.05) is 31.7 Å². The van der Waals surface area contributed by atoms with Gasteiger partial charge in [-0.05, 0) is 61.2 Å². The third kappa shape index (κ3) is 9.50. The highest BCUT2D eigenvalue weighted by molar-refractivity contribution is 7.99. The number of carbonyl (C=O) groups excluding carboxylic acids is 2. The Morgan fingerprint density at radius 2 is 1.72 bits per heavy atom. The Hall–Kier alpha value is -2.50. The normalized spacial score (nSPS) is 10.1. The number of aryl methyl sites for hydroxylation is 2. The topological polar surface area (TPSA) is 43.4 Å². The molecule has 0 bridgehead atoms. The van der Waals surface area contributed by atoms with E-state index >= 15 is 0 Å². The fourth-order valence-electron chi connectivity index (χ4n) is 2.38. The van der Waals surface area contributed by atoms with E-state index in [0.29, 0.717) is 6.42 Å². The van der Waals surface area contributed by atoms with Gasteiger partial charge in [0.1, 0.15) is 5.75 Å². The number of thioether (sulfide) groups is 1. The Bertz CT molecular complexity index is 809. The summed E-state index contributed by atoms with van der Waals surface area (Å²) in [5, 5.41) is 0. The van der Waals surface area contributed by atoms with Gasteiger partial charge in [-0.2, -0.15) is 22.8 Å². The van der Waals surface area contributed by atoms with E-state index in [0.717, 1.165) is 51.7 Å². The molecular formula is C22H25F3O3S. The standard InChI is InChI=1S/C20H21F3OS.CO2.CH4/c1-14(13-25-18-10-11-19(24-3)15(2)12-18)4-5-16-6-8-17(9-7-16)20(21,22)23;2-1-3;/h6-12H,1,4-5,13H2,2-3H3;;1H4. The molecule has 29 heavy (non-hydrogen) atoms. The molecular weight excluding hydrogens is 401 g/mol. The van der Waals surface area contributed by atoms with Crippen LogP contribution in [-0.4, -0.2) is 19.0 Å².